The van der Waals surface area contributed by atoms with E-state index in [-0.39, 0.29) is 48.9 Å². The maximum Gasteiger partial charge on any atom is 0.303 e. The molecule has 0 bridgehead atoms. The Morgan fingerprint density at radius 2 is 1.90 bits per heavy atom. The van der Waals surface area contributed by atoms with Gasteiger partial charge < -0.3 is 34.7 Å². The molecule has 1 aromatic rings. The Labute approximate surface area is 289 Å². The quantitative estimate of drug-likeness (QED) is 0.0728. The number of nitroso groups, excluding NO2 is 1. The molecule has 3 saturated heterocycles. The number of aliphatic hydroxyl groups excluding tert-OH is 1. The molecular formula is C35H48N4O9S. The van der Waals surface area contributed by atoms with Crippen LogP contribution in [-0.2, 0) is 50.8 Å². The van der Waals surface area contributed by atoms with E-state index in [2.05, 4.69) is 28.2 Å². The lowest BCUT2D eigenvalue weighted by Crippen LogP contribution is -2.50. The topological polar surface area (TPSA) is 189 Å². The molecule has 1 unspecified atom stereocenters. The molecule has 0 aromatic heterocycles. The van der Waals surface area contributed by atoms with E-state index in [1.807, 2.05) is 26.0 Å². The van der Waals surface area contributed by atoms with Crippen molar-refractivity contribution in [2.24, 2.45) is 10.5 Å². The number of aliphatic hydroxyl groups is 1. The van der Waals surface area contributed by atoms with E-state index in [0.29, 0.717) is 24.3 Å². The lowest BCUT2D eigenvalue weighted by Gasteiger charge is -2.39. The van der Waals surface area contributed by atoms with Gasteiger partial charge in [-0.1, -0.05) is 42.9 Å². The Balaban J connectivity index is 1.25. The van der Waals surface area contributed by atoms with Gasteiger partial charge in [0.2, 0.25) is 11.8 Å². The highest BCUT2D eigenvalue weighted by atomic mass is 32.2. The van der Waals surface area contributed by atoms with Crippen molar-refractivity contribution >= 4 is 28.7 Å². The van der Waals surface area contributed by atoms with Crippen LogP contribution in [0.5, 0.6) is 0 Å². The van der Waals surface area contributed by atoms with Crippen molar-refractivity contribution in [2.75, 3.05) is 6.61 Å². The van der Waals surface area contributed by atoms with Gasteiger partial charge in [-0.15, -0.1) is 4.91 Å². The summed E-state index contributed by atoms with van der Waals surface area (Å²) >= 11 is 0. The number of amides is 2. The summed E-state index contributed by atoms with van der Waals surface area (Å²) in [6.07, 6.45) is 8.03. The minimum atomic E-state index is -1.44. The van der Waals surface area contributed by atoms with Gasteiger partial charge in [0.15, 0.2) is 0 Å². The van der Waals surface area contributed by atoms with E-state index in [9.17, 15) is 24.4 Å². The summed E-state index contributed by atoms with van der Waals surface area (Å²) in [4.78, 5) is 47.4. The van der Waals surface area contributed by atoms with Crippen LogP contribution in [0.4, 0.5) is 0 Å². The number of esters is 1. The molecule has 4 N–H and O–H groups in total. The number of hydrogen-bond acceptors (Lipinski definition) is 10. The van der Waals surface area contributed by atoms with Crippen LogP contribution >= 0.6 is 0 Å². The summed E-state index contributed by atoms with van der Waals surface area (Å²) in [5, 5.41) is 16.9. The number of hydrogen-bond donors (Lipinski definition) is 4. The Bertz CT molecular complexity index is 1460. The molecule has 268 valence electrons. The van der Waals surface area contributed by atoms with Crippen molar-refractivity contribution in [1.82, 2.24) is 10.6 Å². The Hall–Kier alpha value is -3.56. The van der Waals surface area contributed by atoms with E-state index in [1.54, 1.807) is 37.3 Å². The summed E-state index contributed by atoms with van der Waals surface area (Å²) in [5.74, 6) is -0.676. The zero-order valence-corrected chi connectivity index (χ0v) is 29.4. The molecule has 0 aliphatic carbocycles. The maximum absolute atomic E-state index is 12.8. The predicted octanol–water partition coefficient (Wildman–Crippen LogP) is 4.10. The van der Waals surface area contributed by atoms with E-state index in [4.69, 9.17) is 23.7 Å². The third-order valence-electron chi connectivity index (χ3n) is 9.05. The summed E-state index contributed by atoms with van der Waals surface area (Å²) in [7, 11) is -1.44. The molecule has 1 spiro atoms. The minimum Gasteiger partial charge on any atom is -0.459 e. The zero-order chi connectivity index (χ0) is 35.7. The van der Waals surface area contributed by atoms with Gasteiger partial charge in [0.1, 0.15) is 23.9 Å². The number of allylic oxidation sites excluding steroid dienone is 2. The second kappa shape index (κ2) is 17.4. The molecule has 0 saturated carbocycles. The van der Waals surface area contributed by atoms with Crippen molar-refractivity contribution in [3.05, 3.63) is 70.7 Å². The van der Waals surface area contributed by atoms with Gasteiger partial charge in [-0.25, -0.2) is 0 Å². The summed E-state index contributed by atoms with van der Waals surface area (Å²) in [6.45, 7) is 9.72. The van der Waals surface area contributed by atoms with Gasteiger partial charge in [-0.05, 0) is 63.3 Å². The van der Waals surface area contributed by atoms with Crippen molar-refractivity contribution in [3.63, 3.8) is 0 Å². The van der Waals surface area contributed by atoms with Crippen LogP contribution in [0.15, 0.2) is 69.7 Å². The van der Waals surface area contributed by atoms with Crippen molar-refractivity contribution < 1.29 is 38.4 Å². The van der Waals surface area contributed by atoms with Gasteiger partial charge in [-0.3, -0.25) is 19.2 Å². The van der Waals surface area contributed by atoms with E-state index >= 15 is 0 Å². The second-order valence-corrected chi connectivity index (χ2v) is 14.3. The molecule has 10 atom stereocenters. The smallest absolute Gasteiger partial charge is 0.303 e. The molecule has 3 aliphatic rings. The fourth-order valence-corrected chi connectivity index (χ4v) is 6.63. The molecular weight excluding hydrogens is 652 g/mol. The first-order chi connectivity index (χ1) is 23.3. The fourth-order valence-electron chi connectivity index (χ4n) is 6.15. The number of carbonyl (C=O) groups is 3. The van der Waals surface area contributed by atoms with Gasteiger partial charge in [0, 0.05) is 35.4 Å². The number of nitrogens with one attached hydrogen (secondary N) is 3. The highest BCUT2D eigenvalue weighted by Gasteiger charge is 2.58. The highest BCUT2D eigenvalue weighted by molar-refractivity contribution is 7.84. The summed E-state index contributed by atoms with van der Waals surface area (Å²) in [5.41, 5.74) is 1.09. The van der Waals surface area contributed by atoms with Crippen LogP contribution in [0, 0.1) is 15.6 Å². The molecule has 13 nitrogen and oxygen atoms in total. The van der Waals surface area contributed by atoms with Crippen molar-refractivity contribution in [2.45, 2.75) is 120 Å². The van der Waals surface area contributed by atoms with Crippen LogP contribution in [0.25, 0.3) is 0 Å². The van der Waals surface area contributed by atoms with E-state index in [0.717, 1.165) is 17.6 Å². The van der Waals surface area contributed by atoms with Gasteiger partial charge in [0.25, 0.3) is 0 Å². The normalized spacial score (nSPS) is 31.3. The Morgan fingerprint density at radius 3 is 2.55 bits per heavy atom. The molecule has 3 heterocycles. The van der Waals surface area contributed by atoms with Crippen molar-refractivity contribution in [3.8, 4) is 0 Å². The number of benzene rings is 1. The van der Waals surface area contributed by atoms with Gasteiger partial charge in [-0.2, -0.15) is 0 Å². The SMILES string of the molecule is CC(=O)O[C@@H](C)/C=C\C(=O)N[C@@H]1C[C@H](C)[C@H](C/C=C(C)/C=C/[C@H]2O[C@H](CC(=O)NCc3ccc(S(=N)N=O)cc3)C[C@@]3(CO3)[C@@H]2O)O[C@@H]1C. The lowest BCUT2D eigenvalue weighted by atomic mass is 9.87. The monoisotopic (exact) mass is 700 g/mol. The lowest BCUT2D eigenvalue weighted by molar-refractivity contribution is -0.145. The second-order valence-electron chi connectivity index (χ2n) is 13.1. The van der Waals surface area contributed by atoms with Gasteiger partial charge >= 0.3 is 5.97 Å². The maximum atomic E-state index is 12.8. The predicted molar refractivity (Wildman–Crippen MR) is 183 cm³/mol. The Kier molecular flexibility index (Phi) is 13.6. The van der Waals surface area contributed by atoms with E-state index in [1.165, 1.54) is 13.0 Å². The van der Waals surface area contributed by atoms with Crippen LogP contribution < -0.4 is 10.6 Å². The molecule has 3 aliphatic heterocycles. The summed E-state index contributed by atoms with van der Waals surface area (Å²) < 4.78 is 33.5. The molecule has 0 radical (unpaired) electrons. The van der Waals surface area contributed by atoms with E-state index < -0.39 is 46.9 Å². The number of ether oxygens (including phenoxy) is 4. The molecule has 3 fully saturated rings. The molecule has 4 rings (SSSR count). The zero-order valence-electron chi connectivity index (χ0n) is 28.6. The van der Waals surface area contributed by atoms with Crippen LogP contribution in [0.3, 0.4) is 0 Å². The molecule has 2 amide bonds. The minimum absolute atomic E-state index is 0.0326. The third-order valence-corrected chi connectivity index (χ3v) is 9.92. The summed E-state index contributed by atoms with van der Waals surface area (Å²) in [6, 6.07) is 6.67. The average Bonchev–Trinajstić information content (AvgIpc) is 3.84. The number of nitrogens with zero attached hydrogens (tertiary/aromatic N) is 1. The molecule has 1 aromatic carbocycles. The molecule has 49 heavy (non-hydrogen) atoms. The number of epoxide rings is 1. The average molecular weight is 701 g/mol. The van der Waals surface area contributed by atoms with Crippen molar-refractivity contribution in [1.29, 1.82) is 4.78 Å². The van der Waals surface area contributed by atoms with Gasteiger partial charge in [0.05, 0.1) is 48.3 Å². The first kappa shape index (κ1) is 38.2. The standard InChI is InChI=1S/C35H48N4O9S/c1-21(6-13-30-22(2)16-29(24(4)47-30)38-32(41)15-8-23(3)46-25(5)40)7-14-31-34(43)35(20-45-35)18-27(48-31)17-33(42)37-19-26-9-11-28(12-10-26)49(36)39-44/h6-12,14-15,22-24,27,29-31,34,36,43H,13,16-20H2,1-5H3,(H,37,42)(H,38,41)/b14-7+,15-8-,21-6+/t22-,23-,24+,27+,29+,30-,31+,34+,35+,49?/m0/s1. The van der Waals surface area contributed by atoms with Crippen LogP contribution in [0.1, 0.15) is 65.9 Å². The number of carbonyl (C=O) groups excluding carboxylic acids is 3. The Morgan fingerprint density at radius 1 is 1.18 bits per heavy atom. The first-order valence-electron chi connectivity index (χ1n) is 16.6. The highest BCUT2D eigenvalue weighted by Crippen LogP contribution is 2.43. The van der Waals surface area contributed by atoms with Crippen LogP contribution in [0.2, 0.25) is 0 Å². The van der Waals surface area contributed by atoms with Crippen LogP contribution in [-0.4, -0.2) is 77.8 Å². The first-order valence-corrected chi connectivity index (χ1v) is 17.7. The largest absolute Gasteiger partial charge is 0.459 e. The fraction of sp³-hybridized carbons (Fsp3) is 0.571. The molecule has 14 heteroatoms. The number of rotatable bonds is 14. The third kappa shape index (κ3) is 11.2.